The molecule has 33 heavy (non-hydrogen) atoms. The normalized spacial score (nSPS) is 10.8. The number of rotatable bonds is 7. The third-order valence-electron chi connectivity index (χ3n) is 5.19. The van der Waals surface area contributed by atoms with Gasteiger partial charge < -0.3 is 10.6 Å². The fourth-order valence-corrected chi connectivity index (χ4v) is 3.88. The summed E-state index contributed by atoms with van der Waals surface area (Å²) >= 11 is 11.7. The number of benzene rings is 3. The van der Waals surface area contributed by atoms with Crippen molar-refractivity contribution in [2.75, 3.05) is 10.6 Å². The molecule has 1 amide bonds. The Morgan fingerprint density at radius 1 is 0.970 bits per heavy atom. The number of halogens is 1. The van der Waals surface area contributed by atoms with E-state index in [0.717, 1.165) is 16.9 Å². The van der Waals surface area contributed by atoms with Gasteiger partial charge in [0.05, 0.1) is 12.2 Å². The van der Waals surface area contributed by atoms with Crippen LogP contribution in [0.15, 0.2) is 72.8 Å². The number of hydrogen-bond acceptors (Lipinski definition) is 4. The summed E-state index contributed by atoms with van der Waals surface area (Å²) in [5.41, 5.74) is 4.84. The summed E-state index contributed by atoms with van der Waals surface area (Å²) in [7, 11) is 0. The van der Waals surface area contributed by atoms with Gasteiger partial charge >= 0.3 is 0 Å². The van der Waals surface area contributed by atoms with E-state index < -0.39 is 0 Å². The Bertz CT molecular complexity index is 1330. The van der Waals surface area contributed by atoms with E-state index in [1.165, 1.54) is 5.56 Å². The highest BCUT2D eigenvalue weighted by Crippen LogP contribution is 2.19. The highest BCUT2D eigenvalue weighted by atomic mass is 35.5. The van der Waals surface area contributed by atoms with Crippen molar-refractivity contribution in [1.29, 1.82) is 0 Å². The second-order valence-corrected chi connectivity index (χ2v) is 8.55. The molecule has 0 unspecified atom stereocenters. The van der Waals surface area contributed by atoms with E-state index in [0.29, 0.717) is 27.9 Å². The summed E-state index contributed by atoms with van der Waals surface area (Å²) in [5.74, 6) is 0.495. The highest BCUT2D eigenvalue weighted by molar-refractivity contribution is 7.71. The van der Waals surface area contributed by atoms with Crippen LogP contribution in [0.5, 0.6) is 0 Å². The zero-order valence-corrected chi connectivity index (χ0v) is 20.0. The van der Waals surface area contributed by atoms with Crippen molar-refractivity contribution in [2.24, 2.45) is 0 Å². The Morgan fingerprint density at radius 3 is 2.33 bits per heavy atom. The maximum Gasteiger partial charge on any atom is 0.246 e. The van der Waals surface area contributed by atoms with Gasteiger partial charge in [-0.1, -0.05) is 47.5 Å². The number of carbonyl (C=O) groups is 1. The molecule has 0 saturated carbocycles. The van der Waals surface area contributed by atoms with Crippen LogP contribution in [-0.4, -0.2) is 20.3 Å². The zero-order valence-electron chi connectivity index (χ0n) is 18.4. The van der Waals surface area contributed by atoms with Gasteiger partial charge in [0.2, 0.25) is 10.7 Å². The topological polar surface area (TPSA) is 63.9 Å². The lowest BCUT2D eigenvalue weighted by molar-refractivity contribution is -0.116. The lowest BCUT2D eigenvalue weighted by atomic mass is 10.2. The van der Waals surface area contributed by atoms with Crippen molar-refractivity contribution < 1.29 is 4.79 Å². The summed E-state index contributed by atoms with van der Waals surface area (Å²) in [6.45, 7) is 4.53. The third kappa shape index (κ3) is 5.50. The maximum atomic E-state index is 12.7. The van der Waals surface area contributed by atoms with Crippen LogP contribution < -0.4 is 10.6 Å². The van der Waals surface area contributed by atoms with Crippen LogP contribution in [0.3, 0.4) is 0 Å². The molecule has 0 fully saturated rings. The number of aryl methyl sites for hydroxylation is 2. The number of anilines is 2. The van der Waals surface area contributed by atoms with Crippen LogP contribution in [0.2, 0.25) is 5.02 Å². The highest BCUT2D eigenvalue weighted by Gasteiger charge is 2.16. The van der Waals surface area contributed by atoms with Crippen molar-refractivity contribution >= 4 is 41.1 Å². The average molecular weight is 478 g/mol. The molecule has 0 aliphatic rings. The standard InChI is InChI=1S/C25H24ClN5OS/c1-17-7-11-20(12-8-17)27-15-23-29-30(16-24(32)28-21-13-9-19(26)10-14-21)25(33)31(23)22-6-4-3-5-18(22)2/h3-14,27H,15-16H2,1-2H3,(H,28,32). The van der Waals surface area contributed by atoms with Gasteiger partial charge in [0.15, 0.2) is 5.82 Å². The summed E-state index contributed by atoms with van der Waals surface area (Å²) in [6, 6.07) is 23.1. The monoisotopic (exact) mass is 477 g/mol. The first-order chi connectivity index (χ1) is 15.9. The van der Waals surface area contributed by atoms with Gasteiger partial charge in [0.25, 0.3) is 0 Å². The van der Waals surface area contributed by atoms with Crippen LogP contribution in [0.4, 0.5) is 11.4 Å². The molecule has 0 atom stereocenters. The summed E-state index contributed by atoms with van der Waals surface area (Å²) in [5, 5.41) is 11.6. The first kappa shape index (κ1) is 22.8. The molecule has 4 rings (SSSR count). The molecule has 8 heteroatoms. The fourth-order valence-electron chi connectivity index (χ4n) is 3.45. The molecular formula is C25H24ClN5OS. The maximum absolute atomic E-state index is 12.7. The average Bonchev–Trinajstić information content (AvgIpc) is 3.10. The number of amides is 1. The number of aromatic nitrogens is 3. The molecule has 168 valence electrons. The Kier molecular flexibility index (Phi) is 6.91. The second kappa shape index (κ2) is 10.0. The van der Waals surface area contributed by atoms with Crippen LogP contribution in [0, 0.1) is 18.6 Å². The van der Waals surface area contributed by atoms with E-state index in [2.05, 4.69) is 34.8 Å². The Balaban J connectivity index is 1.62. The molecule has 1 heterocycles. The summed E-state index contributed by atoms with van der Waals surface area (Å²) < 4.78 is 3.93. The fraction of sp³-hybridized carbons (Fsp3) is 0.160. The second-order valence-electron chi connectivity index (χ2n) is 7.75. The number of hydrogen-bond donors (Lipinski definition) is 2. The number of carbonyl (C=O) groups excluding carboxylic acids is 1. The van der Waals surface area contributed by atoms with Gasteiger partial charge in [-0.15, -0.1) is 0 Å². The molecule has 3 aromatic carbocycles. The van der Waals surface area contributed by atoms with Gasteiger partial charge in [-0.2, -0.15) is 5.10 Å². The summed E-state index contributed by atoms with van der Waals surface area (Å²) in [4.78, 5) is 12.7. The van der Waals surface area contributed by atoms with Gasteiger partial charge in [0.1, 0.15) is 6.54 Å². The first-order valence-electron chi connectivity index (χ1n) is 10.5. The molecular weight excluding hydrogens is 454 g/mol. The minimum Gasteiger partial charge on any atom is -0.378 e. The smallest absolute Gasteiger partial charge is 0.246 e. The molecule has 0 radical (unpaired) electrons. The van der Waals surface area contributed by atoms with Crippen molar-refractivity contribution in [3.8, 4) is 5.69 Å². The minimum absolute atomic E-state index is 0.00211. The quantitative estimate of drug-likeness (QED) is 0.324. The number of nitrogens with zero attached hydrogens (tertiary/aromatic N) is 3. The predicted molar refractivity (Wildman–Crippen MR) is 136 cm³/mol. The van der Waals surface area contributed by atoms with E-state index in [1.54, 1.807) is 28.9 Å². The SMILES string of the molecule is Cc1ccc(NCc2nn(CC(=O)Nc3ccc(Cl)cc3)c(=S)n2-c2ccccc2C)cc1. The van der Waals surface area contributed by atoms with Crippen LogP contribution in [-0.2, 0) is 17.9 Å². The van der Waals surface area contributed by atoms with E-state index in [4.69, 9.17) is 23.8 Å². The van der Waals surface area contributed by atoms with Crippen LogP contribution >= 0.6 is 23.8 Å². The van der Waals surface area contributed by atoms with Gasteiger partial charge in [0, 0.05) is 16.4 Å². The van der Waals surface area contributed by atoms with Crippen molar-refractivity contribution in [3.63, 3.8) is 0 Å². The lowest BCUT2D eigenvalue weighted by Gasteiger charge is -2.11. The summed E-state index contributed by atoms with van der Waals surface area (Å²) in [6.07, 6.45) is 0. The Hall–Kier alpha value is -3.42. The molecule has 4 aromatic rings. The molecule has 2 N–H and O–H groups in total. The van der Waals surface area contributed by atoms with Gasteiger partial charge in [-0.05, 0) is 74.1 Å². The minimum atomic E-state index is -0.221. The molecule has 6 nitrogen and oxygen atoms in total. The predicted octanol–water partition coefficient (Wildman–Crippen LogP) is 5.92. The lowest BCUT2D eigenvalue weighted by Crippen LogP contribution is -2.20. The Labute approximate surface area is 202 Å². The van der Waals surface area contributed by atoms with E-state index in [1.807, 2.05) is 47.9 Å². The number of para-hydroxylation sites is 1. The number of nitrogens with one attached hydrogen (secondary N) is 2. The molecule has 1 aromatic heterocycles. The van der Waals surface area contributed by atoms with E-state index in [9.17, 15) is 4.79 Å². The first-order valence-corrected chi connectivity index (χ1v) is 11.3. The van der Waals surface area contributed by atoms with Crippen LogP contribution in [0.1, 0.15) is 17.0 Å². The molecule has 0 aliphatic carbocycles. The van der Waals surface area contributed by atoms with E-state index in [-0.39, 0.29) is 12.5 Å². The van der Waals surface area contributed by atoms with Crippen LogP contribution in [0.25, 0.3) is 5.69 Å². The molecule has 0 bridgehead atoms. The van der Waals surface area contributed by atoms with Gasteiger partial charge in [-0.25, -0.2) is 4.68 Å². The molecule has 0 spiro atoms. The van der Waals surface area contributed by atoms with Crippen molar-refractivity contribution in [3.05, 3.63) is 99.5 Å². The molecule has 0 saturated heterocycles. The van der Waals surface area contributed by atoms with Crippen molar-refractivity contribution in [2.45, 2.75) is 26.9 Å². The van der Waals surface area contributed by atoms with Crippen molar-refractivity contribution in [1.82, 2.24) is 14.3 Å². The zero-order chi connectivity index (χ0) is 23.4. The largest absolute Gasteiger partial charge is 0.378 e. The van der Waals surface area contributed by atoms with E-state index >= 15 is 0 Å². The van der Waals surface area contributed by atoms with Gasteiger partial charge in [-0.3, -0.25) is 9.36 Å². The third-order valence-corrected chi connectivity index (χ3v) is 5.83. The molecule has 0 aliphatic heterocycles. The Morgan fingerprint density at radius 2 is 1.64 bits per heavy atom.